The topological polar surface area (TPSA) is 64.0 Å². The largest absolute Gasteiger partial charge is 0.352 e. The molecule has 156 valence electrons. The zero-order valence-corrected chi connectivity index (χ0v) is 18.2. The fourth-order valence-corrected chi connectivity index (χ4v) is 4.96. The molecule has 1 heterocycles. The third-order valence-electron chi connectivity index (χ3n) is 5.89. The van der Waals surface area contributed by atoms with Gasteiger partial charge in [0.2, 0.25) is 5.91 Å². The number of aromatic nitrogens is 2. The third kappa shape index (κ3) is 4.29. The van der Waals surface area contributed by atoms with Crippen LogP contribution in [0.2, 0.25) is 0 Å². The summed E-state index contributed by atoms with van der Waals surface area (Å²) < 4.78 is 1.64. The van der Waals surface area contributed by atoms with Gasteiger partial charge >= 0.3 is 0 Å². The number of carbonyl (C=O) groups is 1. The fraction of sp³-hybridized carbons (Fsp3) is 0.375. The number of benzene rings is 2. The minimum absolute atomic E-state index is 0.00232. The predicted octanol–water partition coefficient (Wildman–Crippen LogP) is 4.48. The van der Waals surface area contributed by atoms with Gasteiger partial charge in [-0.05, 0) is 49.4 Å². The Morgan fingerprint density at radius 2 is 1.87 bits per heavy atom. The summed E-state index contributed by atoms with van der Waals surface area (Å²) in [6.07, 6.45) is 4.62. The zero-order valence-electron chi connectivity index (χ0n) is 17.4. The molecular formula is C24H27N3O2S. The van der Waals surface area contributed by atoms with Crippen molar-refractivity contribution < 1.29 is 4.79 Å². The Balaban J connectivity index is 1.64. The fourth-order valence-electron chi connectivity index (χ4n) is 4.15. The van der Waals surface area contributed by atoms with Crippen molar-refractivity contribution in [3.63, 3.8) is 0 Å². The molecule has 0 bridgehead atoms. The molecule has 1 aromatic heterocycles. The van der Waals surface area contributed by atoms with Crippen LogP contribution in [0, 0.1) is 12.8 Å². The summed E-state index contributed by atoms with van der Waals surface area (Å²) in [6.45, 7) is 4.18. The van der Waals surface area contributed by atoms with Gasteiger partial charge in [-0.25, -0.2) is 4.98 Å². The average Bonchev–Trinajstić information content (AvgIpc) is 2.75. The summed E-state index contributed by atoms with van der Waals surface area (Å²) in [4.78, 5) is 30.7. The summed E-state index contributed by atoms with van der Waals surface area (Å²) in [6, 6.07) is 15.4. The van der Waals surface area contributed by atoms with Crippen LogP contribution in [-0.4, -0.2) is 27.3 Å². The lowest BCUT2D eigenvalue weighted by Gasteiger charge is -2.29. The first-order valence-electron chi connectivity index (χ1n) is 10.5. The molecule has 1 aliphatic carbocycles. The molecular weight excluding hydrogens is 394 g/mol. The van der Waals surface area contributed by atoms with Gasteiger partial charge < -0.3 is 5.32 Å². The van der Waals surface area contributed by atoms with E-state index in [1.807, 2.05) is 49.4 Å². The van der Waals surface area contributed by atoms with Gasteiger partial charge in [0.15, 0.2) is 5.16 Å². The van der Waals surface area contributed by atoms with Crippen molar-refractivity contribution >= 4 is 28.6 Å². The molecule has 2 aromatic carbocycles. The lowest BCUT2D eigenvalue weighted by Crippen LogP contribution is -2.41. The number of aryl methyl sites for hydroxylation is 1. The minimum atomic E-state index is -0.112. The highest BCUT2D eigenvalue weighted by Gasteiger charge is 2.23. The Labute approximate surface area is 180 Å². The van der Waals surface area contributed by atoms with Crippen molar-refractivity contribution in [3.8, 4) is 5.69 Å². The maximum absolute atomic E-state index is 13.3. The van der Waals surface area contributed by atoms with Crippen molar-refractivity contribution in [1.82, 2.24) is 14.9 Å². The standard InChI is InChI=1S/C24H27N3O2S/c1-16-9-3-6-12-19(16)25-22(28)15-30-24-26-20-13-7-5-11-18(20)23(29)27(24)21-14-8-4-10-17(21)2/h4-5,7-8,10-11,13-14,16,19H,3,6,9,12,15H2,1-2H3,(H,25,28). The van der Waals surface area contributed by atoms with E-state index in [0.29, 0.717) is 22.0 Å². The van der Waals surface area contributed by atoms with Crippen LogP contribution >= 0.6 is 11.8 Å². The predicted molar refractivity (Wildman–Crippen MR) is 122 cm³/mol. The number of amides is 1. The van der Waals surface area contributed by atoms with Crippen LogP contribution in [-0.2, 0) is 4.79 Å². The molecule has 0 aliphatic heterocycles. The van der Waals surface area contributed by atoms with E-state index in [1.165, 1.54) is 24.6 Å². The van der Waals surface area contributed by atoms with E-state index in [2.05, 4.69) is 12.2 Å². The van der Waals surface area contributed by atoms with Crippen molar-refractivity contribution in [2.75, 3.05) is 5.75 Å². The molecule has 0 spiro atoms. The van der Waals surface area contributed by atoms with Gasteiger partial charge in [0.05, 0.1) is 22.3 Å². The molecule has 1 N–H and O–H groups in total. The number of fused-ring (bicyclic) bond motifs is 1. The number of thioether (sulfide) groups is 1. The maximum atomic E-state index is 13.3. The lowest BCUT2D eigenvalue weighted by atomic mass is 9.86. The number of hydrogen-bond acceptors (Lipinski definition) is 4. The quantitative estimate of drug-likeness (QED) is 0.487. The Kier molecular flexibility index (Phi) is 6.23. The Bertz CT molecular complexity index is 1120. The van der Waals surface area contributed by atoms with Gasteiger partial charge in [0.25, 0.3) is 5.56 Å². The Hall–Kier alpha value is -2.60. The molecule has 3 aromatic rings. The summed E-state index contributed by atoms with van der Waals surface area (Å²) in [5.74, 6) is 0.744. The molecule has 2 atom stereocenters. The maximum Gasteiger partial charge on any atom is 0.266 e. The number of hydrogen-bond donors (Lipinski definition) is 1. The van der Waals surface area contributed by atoms with Gasteiger partial charge in [-0.15, -0.1) is 0 Å². The molecule has 1 aliphatic rings. The molecule has 4 rings (SSSR count). The molecule has 5 nitrogen and oxygen atoms in total. The van der Waals surface area contributed by atoms with Gasteiger partial charge in [-0.1, -0.05) is 61.9 Å². The number of nitrogens with one attached hydrogen (secondary N) is 1. The highest BCUT2D eigenvalue weighted by Crippen LogP contribution is 2.25. The van der Waals surface area contributed by atoms with Crippen LogP contribution in [0.5, 0.6) is 0 Å². The third-order valence-corrected chi connectivity index (χ3v) is 6.83. The van der Waals surface area contributed by atoms with Gasteiger partial charge in [-0.2, -0.15) is 0 Å². The smallest absolute Gasteiger partial charge is 0.266 e. The molecule has 0 radical (unpaired) electrons. The van der Waals surface area contributed by atoms with Gasteiger partial charge in [0, 0.05) is 6.04 Å². The van der Waals surface area contributed by atoms with E-state index >= 15 is 0 Å². The second-order valence-corrected chi connectivity index (χ2v) is 9.01. The normalized spacial score (nSPS) is 19.0. The number of para-hydroxylation sites is 2. The van der Waals surface area contributed by atoms with E-state index in [1.54, 1.807) is 10.6 Å². The van der Waals surface area contributed by atoms with Crippen LogP contribution in [0.4, 0.5) is 0 Å². The van der Waals surface area contributed by atoms with Crippen molar-refractivity contribution in [1.29, 1.82) is 0 Å². The Morgan fingerprint density at radius 1 is 1.13 bits per heavy atom. The Morgan fingerprint density at radius 3 is 2.67 bits per heavy atom. The van der Waals surface area contributed by atoms with Crippen molar-refractivity contribution in [2.45, 2.75) is 50.7 Å². The minimum Gasteiger partial charge on any atom is -0.352 e. The lowest BCUT2D eigenvalue weighted by molar-refractivity contribution is -0.119. The second-order valence-electron chi connectivity index (χ2n) is 8.06. The molecule has 1 fully saturated rings. The van der Waals surface area contributed by atoms with Gasteiger partial charge in [-0.3, -0.25) is 14.2 Å². The number of nitrogens with zero attached hydrogens (tertiary/aromatic N) is 2. The molecule has 6 heteroatoms. The summed E-state index contributed by atoms with van der Waals surface area (Å²) >= 11 is 1.32. The monoisotopic (exact) mass is 421 g/mol. The van der Waals surface area contributed by atoms with E-state index < -0.39 is 0 Å². The van der Waals surface area contributed by atoms with E-state index in [9.17, 15) is 9.59 Å². The second kappa shape index (κ2) is 9.04. The van der Waals surface area contributed by atoms with E-state index in [0.717, 1.165) is 24.1 Å². The SMILES string of the molecule is Cc1ccccc1-n1c(SCC(=O)NC2CCCCC2C)nc2ccccc2c1=O. The first-order chi connectivity index (χ1) is 14.5. The van der Waals surface area contributed by atoms with Gasteiger partial charge in [0.1, 0.15) is 0 Å². The number of rotatable bonds is 5. The first-order valence-corrected chi connectivity index (χ1v) is 11.5. The van der Waals surface area contributed by atoms with Crippen LogP contribution in [0.3, 0.4) is 0 Å². The van der Waals surface area contributed by atoms with Crippen LogP contribution < -0.4 is 10.9 Å². The molecule has 2 unspecified atom stereocenters. The summed E-state index contributed by atoms with van der Waals surface area (Å²) in [5, 5.41) is 4.30. The summed E-state index contributed by atoms with van der Waals surface area (Å²) in [7, 11) is 0. The van der Waals surface area contributed by atoms with Crippen LogP contribution in [0.15, 0.2) is 58.5 Å². The zero-order chi connectivity index (χ0) is 21.1. The highest BCUT2D eigenvalue weighted by atomic mass is 32.2. The van der Waals surface area contributed by atoms with E-state index in [4.69, 9.17) is 4.98 Å². The molecule has 1 amide bonds. The van der Waals surface area contributed by atoms with Crippen LogP contribution in [0.1, 0.15) is 38.2 Å². The average molecular weight is 422 g/mol. The molecule has 1 saturated carbocycles. The van der Waals surface area contributed by atoms with Crippen LogP contribution in [0.25, 0.3) is 16.6 Å². The highest BCUT2D eigenvalue weighted by molar-refractivity contribution is 7.99. The molecule has 0 saturated heterocycles. The van der Waals surface area contributed by atoms with E-state index in [-0.39, 0.29) is 23.3 Å². The molecule has 30 heavy (non-hydrogen) atoms. The summed E-state index contributed by atoms with van der Waals surface area (Å²) in [5.41, 5.74) is 2.32. The first kappa shape index (κ1) is 20.7. The van der Waals surface area contributed by atoms with Crippen molar-refractivity contribution in [2.24, 2.45) is 5.92 Å². The van der Waals surface area contributed by atoms with Crippen molar-refractivity contribution in [3.05, 3.63) is 64.4 Å². The number of carbonyl (C=O) groups excluding carboxylic acids is 1.